The smallest absolute Gasteiger partial charge is 0.193 e. The Labute approximate surface area is 125 Å². The van der Waals surface area contributed by atoms with Gasteiger partial charge in [0.1, 0.15) is 0 Å². The van der Waals surface area contributed by atoms with Gasteiger partial charge in [-0.1, -0.05) is 27.7 Å². The van der Waals surface area contributed by atoms with E-state index >= 15 is 0 Å². The summed E-state index contributed by atoms with van der Waals surface area (Å²) in [5.74, 6) is 0.686. The van der Waals surface area contributed by atoms with Crippen molar-refractivity contribution < 1.29 is 0 Å². The molecule has 0 aliphatic carbocycles. The number of guanidine groups is 1. The molecule has 1 saturated heterocycles. The number of hydrogen-bond acceptors (Lipinski definition) is 2. The number of hydrogen-bond donors (Lipinski definition) is 2. The molecule has 0 spiro atoms. The summed E-state index contributed by atoms with van der Waals surface area (Å²) in [4.78, 5) is 4.22. The summed E-state index contributed by atoms with van der Waals surface area (Å²) in [6.07, 6.45) is 4.70. The summed E-state index contributed by atoms with van der Waals surface area (Å²) in [7, 11) is 2.00. The van der Waals surface area contributed by atoms with Gasteiger partial charge in [-0.25, -0.2) is 0 Å². The second-order valence-electron chi connectivity index (χ2n) is 7.88. The van der Waals surface area contributed by atoms with Crippen LogP contribution in [-0.4, -0.2) is 49.0 Å². The number of likely N-dealkylation sites (N-methyl/N-ethyl adjacent to an activating group) is 1. The van der Waals surface area contributed by atoms with Crippen molar-refractivity contribution >= 4 is 5.96 Å². The second kappa shape index (κ2) is 6.79. The molecule has 0 aromatic heterocycles. The molecule has 0 atom stereocenters. The lowest BCUT2D eigenvalue weighted by atomic mass is 9.71. The molecule has 0 radical (unpaired) electrons. The highest BCUT2D eigenvalue weighted by molar-refractivity contribution is 5.78. The highest BCUT2D eigenvalue weighted by Gasteiger charge is 2.28. The van der Waals surface area contributed by atoms with Crippen LogP contribution in [0.25, 0.3) is 0 Å². The van der Waals surface area contributed by atoms with E-state index in [0.717, 1.165) is 32.6 Å². The Morgan fingerprint density at radius 1 is 1.10 bits per heavy atom. The van der Waals surface area contributed by atoms with E-state index in [0.29, 0.717) is 16.8 Å². The molecule has 0 aromatic rings. The second-order valence-corrected chi connectivity index (χ2v) is 7.88. The maximum absolute atomic E-state index is 7.98. The van der Waals surface area contributed by atoms with Crippen LogP contribution in [0, 0.1) is 16.2 Å². The average Bonchev–Trinajstić information content (AvgIpc) is 2.59. The van der Waals surface area contributed by atoms with Crippen LogP contribution < -0.4 is 5.73 Å². The molecular formula is C16H34N4. The van der Waals surface area contributed by atoms with Crippen LogP contribution in [0.5, 0.6) is 0 Å². The van der Waals surface area contributed by atoms with Crippen molar-refractivity contribution in [3.63, 3.8) is 0 Å². The van der Waals surface area contributed by atoms with E-state index in [1.165, 1.54) is 19.3 Å². The van der Waals surface area contributed by atoms with Crippen LogP contribution in [0.15, 0.2) is 0 Å². The van der Waals surface area contributed by atoms with Gasteiger partial charge in [0, 0.05) is 26.7 Å². The highest BCUT2D eigenvalue weighted by Crippen LogP contribution is 2.38. The fraction of sp³-hybridized carbons (Fsp3) is 0.938. The molecule has 0 bridgehead atoms. The Hall–Kier alpha value is -0.770. The van der Waals surface area contributed by atoms with Crippen LogP contribution in [0.1, 0.15) is 53.4 Å². The molecule has 20 heavy (non-hydrogen) atoms. The zero-order chi connectivity index (χ0) is 15.4. The SMILES string of the molecule is CN1CCN(CCCC(C)(C)CC(C)(C)CCN)C1=N. The van der Waals surface area contributed by atoms with E-state index in [4.69, 9.17) is 11.1 Å². The van der Waals surface area contributed by atoms with Crippen molar-refractivity contribution in [3.8, 4) is 0 Å². The van der Waals surface area contributed by atoms with Gasteiger partial charge in [0.05, 0.1) is 0 Å². The van der Waals surface area contributed by atoms with Crippen LogP contribution in [0.2, 0.25) is 0 Å². The standard InChI is InChI=1S/C16H34N4/c1-15(2,13-16(3,4)8-9-17)7-6-10-20-12-11-19(5)14(20)18/h18H,6-13,17H2,1-5H3. The lowest BCUT2D eigenvalue weighted by Gasteiger charge is -2.35. The number of rotatable bonds is 8. The van der Waals surface area contributed by atoms with E-state index in [-0.39, 0.29) is 0 Å². The minimum absolute atomic E-state index is 0.332. The van der Waals surface area contributed by atoms with Gasteiger partial charge in [0.2, 0.25) is 0 Å². The van der Waals surface area contributed by atoms with Crippen molar-refractivity contribution in [1.29, 1.82) is 5.41 Å². The largest absolute Gasteiger partial charge is 0.344 e. The molecule has 0 aromatic carbocycles. The molecule has 0 unspecified atom stereocenters. The van der Waals surface area contributed by atoms with Crippen molar-refractivity contribution in [2.45, 2.75) is 53.4 Å². The predicted octanol–water partition coefficient (Wildman–Crippen LogP) is 2.74. The molecule has 118 valence electrons. The van der Waals surface area contributed by atoms with Gasteiger partial charge in [0.15, 0.2) is 5.96 Å². The molecule has 1 fully saturated rings. The molecule has 4 heteroatoms. The van der Waals surface area contributed by atoms with Gasteiger partial charge in [-0.15, -0.1) is 0 Å². The van der Waals surface area contributed by atoms with Gasteiger partial charge < -0.3 is 15.5 Å². The van der Waals surface area contributed by atoms with Crippen LogP contribution in [0.4, 0.5) is 0 Å². The lowest BCUT2D eigenvalue weighted by molar-refractivity contribution is 0.168. The van der Waals surface area contributed by atoms with Gasteiger partial charge >= 0.3 is 0 Å². The molecule has 1 aliphatic heterocycles. The van der Waals surface area contributed by atoms with Crippen molar-refractivity contribution in [2.24, 2.45) is 16.6 Å². The maximum atomic E-state index is 7.98. The zero-order valence-electron chi connectivity index (χ0n) is 14.1. The van der Waals surface area contributed by atoms with Gasteiger partial charge in [-0.3, -0.25) is 5.41 Å². The first kappa shape index (κ1) is 17.3. The molecule has 1 rings (SSSR count). The lowest BCUT2D eigenvalue weighted by Crippen LogP contribution is -2.32. The fourth-order valence-corrected chi connectivity index (χ4v) is 3.55. The Kier molecular flexibility index (Phi) is 5.87. The summed E-state index contributed by atoms with van der Waals surface area (Å²) < 4.78 is 0. The minimum Gasteiger partial charge on any atom is -0.344 e. The average molecular weight is 282 g/mol. The van der Waals surface area contributed by atoms with Crippen molar-refractivity contribution in [1.82, 2.24) is 9.80 Å². The highest BCUT2D eigenvalue weighted by atomic mass is 15.4. The molecule has 0 saturated carbocycles. The third-order valence-electron chi connectivity index (χ3n) is 4.43. The summed E-state index contributed by atoms with van der Waals surface area (Å²) in [5, 5.41) is 7.98. The Bertz CT molecular complexity index is 322. The number of nitrogens with zero attached hydrogens (tertiary/aromatic N) is 2. The summed E-state index contributed by atoms with van der Waals surface area (Å²) in [6, 6.07) is 0. The Balaban J connectivity index is 2.34. The Morgan fingerprint density at radius 3 is 2.20 bits per heavy atom. The molecule has 1 aliphatic rings. The third-order valence-corrected chi connectivity index (χ3v) is 4.43. The summed E-state index contributed by atoms with van der Waals surface area (Å²) in [5.41, 5.74) is 6.40. The topological polar surface area (TPSA) is 56.4 Å². The fourth-order valence-electron chi connectivity index (χ4n) is 3.55. The van der Waals surface area contributed by atoms with Crippen molar-refractivity contribution in [3.05, 3.63) is 0 Å². The first-order chi connectivity index (χ1) is 9.17. The number of nitrogens with one attached hydrogen (secondary N) is 1. The third kappa shape index (κ3) is 5.31. The first-order valence-corrected chi connectivity index (χ1v) is 7.92. The molecule has 4 nitrogen and oxygen atoms in total. The molecule has 1 heterocycles. The van der Waals surface area contributed by atoms with E-state index in [9.17, 15) is 0 Å². The van der Waals surface area contributed by atoms with E-state index in [1.54, 1.807) is 0 Å². The molecule has 0 amide bonds. The van der Waals surface area contributed by atoms with E-state index in [1.807, 2.05) is 11.9 Å². The normalized spacial score (nSPS) is 17.2. The van der Waals surface area contributed by atoms with E-state index < -0.39 is 0 Å². The predicted molar refractivity (Wildman–Crippen MR) is 87.0 cm³/mol. The monoisotopic (exact) mass is 282 g/mol. The van der Waals surface area contributed by atoms with Gasteiger partial charge in [-0.05, 0) is 43.1 Å². The summed E-state index contributed by atoms with van der Waals surface area (Å²) >= 11 is 0. The van der Waals surface area contributed by atoms with Gasteiger partial charge in [-0.2, -0.15) is 0 Å². The first-order valence-electron chi connectivity index (χ1n) is 7.92. The maximum Gasteiger partial charge on any atom is 0.193 e. The Morgan fingerprint density at radius 2 is 1.70 bits per heavy atom. The summed E-state index contributed by atoms with van der Waals surface area (Å²) in [6.45, 7) is 13.2. The molecular weight excluding hydrogens is 248 g/mol. The van der Waals surface area contributed by atoms with E-state index in [2.05, 4.69) is 32.6 Å². The zero-order valence-corrected chi connectivity index (χ0v) is 14.1. The minimum atomic E-state index is 0.332. The van der Waals surface area contributed by atoms with Crippen molar-refractivity contribution in [2.75, 3.05) is 33.2 Å². The molecule has 3 N–H and O–H groups in total. The quantitative estimate of drug-likeness (QED) is 0.720. The number of nitrogens with two attached hydrogens (primary N) is 1. The van der Waals surface area contributed by atoms with Crippen LogP contribution in [0.3, 0.4) is 0 Å². The van der Waals surface area contributed by atoms with Gasteiger partial charge in [0.25, 0.3) is 0 Å². The van der Waals surface area contributed by atoms with Crippen LogP contribution in [-0.2, 0) is 0 Å². The van der Waals surface area contributed by atoms with Crippen LogP contribution >= 0.6 is 0 Å².